The number of hydrogen-bond acceptors (Lipinski definition) is 2. The van der Waals surface area contributed by atoms with Crippen LogP contribution in [0.4, 0.5) is 4.79 Å². The summed E-state index contributed by atoms with van der Waals surface area (Å²) in [4.78, 5) is 24.6. The highest BCUT2D eigenvalue weighted by Gasteiger charge is 2.19. The molecule has 5 nitrogen and oxygen atoms in total. The number of carbonyl (C=O) groups is 2. The van der Waals surface area contributed by atoms with E-state index >= 15 is 0 Å². The number of carboxylic acids is 1. The number of carboxylic acid groups (broad SMARTS) is 1. The number of urea groups is 1. The van der Waals surface area contributed by atoms with Gasteiger partial charge in [-0.2, -0.15) is 0 Å². The first-order valence-electron chi connectivity index (χ1n) is 7.15. The number of aliphatic carboxylic acids is 1. The molecule has 0 aromatic rings. The molecule has 20 heavy (non-hydrogen) atoms. The topological polar surface area (TPSA) is 69.6 Å². The third-order valence-electron chi connectivity index (χ3n) is 3.02. The van der Waals surface area contributed by atoms with Crippen molar-refractivity contribution in [3.63, 3.8) is 0 Å². The molecule has 0 saturated carbocycles. The smallest absolute Gasteiger partial charge is 0.317 e. The molecule has 0 bridgehead atoms. The van der Waals surface area contributed by atoms with Gasteiger partial charge < -0.3 is 15.3 Å². The zero-order valence-corrected chi connectivity index (χ0v) is 13.1. The second kappa shape index (κ2) is 9.39. The molecule has 0 heterocycles. The monoisotopic (exact) mass is 284 g/mol. The fourth-order valence-corrected chi connectivity index (χ4v) is 2.15. The molecule has 0 spiro atoms. The highest BCUT2D eigenvalue weighted by molar-refractivity contribution is 5.74. The molecule has 0 rings (SSSR count). The van der Waals surface area contributed by atoms with Gasteiger partial charge in [-0.1, -0.05) is 19.9 Å². The normalized spacial score (nSPS) is 12.3. The Labute approximate surface area is 122 Å². The van der Waals surface area contributed by atoms with Gasteiger partial charge >= 0.3 is 12.0 Å². The maximum atomic E-state index is 12.1. The van der Waals surface area contributed by atoms with Gasteiger partial charge in [-0.05, 0) is 32.1 Å². The predicted molar refractivity (Wildman–Crippen MR) is 80.6 cm³/mol. The fraction of sp³-hybridized carbons (Fsp3) is 0.733. The van der Waals surface area contributed by atoms with Gasteiger partial charge in [0.05, 0.1) is 0 Å². The van der Waals surface area contributed by atoms with Crippen LogP contribution < -0.4 is 5.32 Å². The van der Waals surface area contributed by atoms with Crippen molar-refractivity contribution in [1.29, 1.82) is 0 Å². The van der Waals surface area contributed by atoms with Crippen molar-refractivity contribution in [1.82, 2.24) is 10.2 Å². The quantitative estimate of drug-likeness (QED) is 0.640. The molecule has 2 amide bonds. The van der Waals surface area contributed by atoms with Gasteiger partial charge in [-0.3, -0.25) is 4.79 Å². The van der Waals surface area contributed by atoms with Crippen molar-refractivity contribution in [3.8, 4) is 0 Å². The van der Waals surface area contributed by atoms with Crippen LogP contribution in [0.25, 0.3) is 0 Å². The molecule has 1 atom stereocenters. The standard InChI is InChI=1S/C15H28N2O3/c1-6-7-17(12(4)5)15(20)16-10-13(8-11(2)3)9-14(18)19/h6,11-13H,1,7-10H2,2-5H3,(H,16,20)(H,18,19). The Morgan fingerprint density at radius 2 is 1.90 bits per heavy atom. The van der Waals surface area contributed by atoms with E-state index in [0.717, 1.165) is 6.42 Å². The second-order valence-electron chi connectivity index (χ2n) is 5.81. The lowest BCUT2D eigenvalue weighted by Crippen LogP contribution is -2.45. The van der Waals surface area contributed by atoms with Crippen LogP contribution in [-0.2, 0) is 4.79 Å². The third kappa shape index (κ3) is 7.81. The van der Waals surface area contributed by atoms with Crippen molar-refractivity contribution in [2.24, 2.45) is 11.8 Å². The fourth-order valence-electron chi connectivity index (χ4n) is 2.15. The van der Waals surface area contributed by atoms with Crippen LogP contribution in [0.5, 0.6) is 0 Å². The zero-order valence-electron chi connectivity index (χ0n) is 13.1. The summed E-state index contributed by atoms with van der Waals surface area (Å²) in [6.07, 6.45) is 2.56. The summed E-state index contributed by atoms with van der Waals surface area (Å²) in [7, 11) is 0. The van der Waals surface area contributed by atoms with Gasteiger partial charge in [-0.15, -0.1) is 6.58 Å². The van der Waals surface area contributed by atoms with E-state index in [1.54, 1.807) is 11.0 Å². The third-order valence-corrected chi connectivity index (χ3v) is 3.02. The number of rotatable bonds is 9. The molecule has 0 fully saturated rings. The summed E-state index contributed by atoms with van der Waals surface area (Å²) in [6.45, 7) is 12.5. The van der Waals surface area contributed by atoms with Crippen LogP contribution in [0.2, 0.25) is 0 Å². The SMILES string of the molecule is C=CCN(C(=O)NCC(CC(=O)O)CC(C)C)C(C)C. The Bertz CT molecular complexity index is 327. The Morgan fingerprint density at radius 3 is 2.30 bits per heavy atom. The van der Waals surface area contributed by atoms with Gasteiger partial charge in [0.2, 0.25) is 0 Å². The van der Waals surface area contributed by atoms with Gasteiger partial charge in [0, 0.05) is 25.6 Å². The minimum atomic E-state index is -0.822. The van der Waals surface area contributed by atoms with Crippen molar-refractivity contribution in [2.75, 3.05) is 13.1 Å². The van der Waals surface area contributed by atoms with Crippen LogP contribution in [0.3, 0.4) is 0 Å². The number of nitrogens with one attached hydrogen (secondary N) is 1. The summed E-state index contributed by atoms with van der Waals surface area (Å²) in [5.41, 5.74) is 0. The van der Waals surface area contributed by atoms with Crippen LogP contribution in [0.15, 0.2) is 12.7 Å². The molecule has 0 aromatic heterocycles. The largest absolute Gasteiger partial charge is 0.481 e. The Balaban J connectivity index is 4.46. The van der Waals surface area contributed by atoms with Crippen LogP contribution in [0.1, 0.15) is 40.5 Å². The number of carbonyl (C=O) groups excluding carboxylic acids is 1. The maximum absolute atomic E-state index is 12.1. The van der Waals surface area contributed by atoms with Gasteiger partial charge in [0.25, 0.3) is 0 Å². The summed E-state index contributed by atoms with van der Waals surface area (Å²) >= 11 is 0. The predicted octanol–water partition coefficient (Wildman–Crippen LogP) is 2.73. The first kappa shape index (κ1) is 18.5. The summed E-state index contributed by atoms with van der Waals surface area (Å²) in [6, 6.07) is -0.0879. The number of hydrogen-bond donors (Lipinski definition) is 2. The molecule has 116 valence electrons. The Hall–Kier alpha value is -1.52. The van der Waals surface area contributed by atoms with Crippen molar-refractivity contribution in [3.05, 3.63) is 12.7 Å². The van der Waals surface area contributed by atoms with Crippen molar-refractivity contribution < 1.29 is 14.7 Å². The second-order valence-corrected chi connectivity index (χ2v) is 5.81. The molecule has 0 aromatic carbocycles. The minimum Gasteiger partial charge on any atom is -0.481 e. The molecule has 0 saturated heterocycles. The first-order valence-corrected chi connectivity index (χ1v) is 7.15. The van der Waals surface area contributed by atoms with Gasteiger partial charge in [0.15, 0.2) is 0 Å². The minimum absolute atomic E-state index is 0.0332. The average molecular weight is 284 g/mol. The summed E-state index contributed by atoms with van der Waals surface area (Å²) < 4.78 is 0. The molecule has 0 aliphatic heterocycles. The van der Waals surface area contributed by atoms with Crippen LogP contribution in [-0.4, -0.2) is 41.1 Å². The van der Waals surface area contributed by atoms with E-state index < -0.39 is 5.97 Å². The highest BCUT2D eigenvalue weighted by atomic mass is 16.4. The van der Waals surface area contributed by atoms with E-state index in [1.807, 2.05) is 13.8 Å². The maximum Gasteiger partial charge on any atom is 0.317 e. The van der Waals surface area contributed by atoms with E-state index in [2.05, 4.69) is 25.7 Å². The summed E-state index contributed by atoms with van der Waals surface area (Å²) in [5.74, 6) is -0.448. The van der Waals surface area contributed by atoms with E-state index in [0.29, 0.717) is 19.0 Å². The van der Waals surface area contributed by atoms with E-state index in [4.69, 9.17) is 5.11 Å². The number of amides is 2. The Kier molecular flexibility index (Phi) is 8.68. The Morgan fingerprint density at radius 1 is 1.30 bits per heavy atom. The average Bonchev–Trinajstić information content (AvgIpc) is 2.30. The van der Waals surface area contributed by atoms with Gasteiger partial charge in [-0.25, -0.2) is 4.79 Å². The van der Waals surface area contributed by atoms with E-state index in [-0.39, 0.29) is 24.4 Å². The highest BCUT2D eigenvalue weighted by Crippen LogP contribution is 2.15. The molecular weight excluding hydrogens is 256 g/mol. The van der Waals surface area contributed by atoms with Crippen molar-refractivity contribution >= 4 is 12.0 Å². The molecule has 2 N–H and O–H groups in total. The summed E-state index contributed by atoms with van der Waals surface area (Å²) in [5, 5.41) is 11.7. The molecular formula is C15H28N2O3. The lowest BCUT2D eigenvalue weighted by atomic mass is 9.94. The van der Waals surface area contributed by atoms with E-state index in [9.17, 15) is 9.59 Å². The van der Waals surface area contributed by atoms with Crippen LogP contribution >= 0.6 is 0 Å². The van der Waals surface area contributed by atoms with Gasteiger partial charge in [0.1, 0.15) is 0 Å². The lowest BCUT2D eigenvalue weighted by Gasteiger charge is -2.27. The molecule has 0 aliphatic rings. The first-order chi connectivity index (χ1) is 9.27. The zero-order chi connectivity index (χ0) is 15.7. The molecule has 1 unspecified atom stereocenters. The molecule has 5 heteroatoms. The van der Waals surface area contributed by atoms with E-state index in [1.165, 1.54) is 0 Å². The molecule has 0 radical (unpaired) electrons. The number of nitrogens with zero attached hydrogens (tertiary/aromatic N) is 1. The molecule has 0 aliphatic carbocycles. The van der Waals surface area contributed by atoms with Crippen LogP contribution in [0, 0.1) is 11.8 Å². The lowest BCUT2D eigenvalue weighted by molar-refractivity contribution is -0.138. The van der Waals surface area contributed by atoms with Crippen molar-refractivity contribution in [2.45, 2.75) is 46.6 Å².